The van der Waals surface area contributed by atoms with E-state index in [9.17, 15) is 46.8 Å². The molecule has 0 radical (unpaired) electrons. The number of thioether (sulfide) groups is 1. The van der Waals surface area contributed by atoms with E-state index >= 15 is 0 Å². The highest BCUT2D eigenvalue weighted by atomic mass is 32.2. The molecular weight excluding hydrogens is 993 g/mol. The molecule has 7 aliphatic heterocycles. The van der Waals surface area contributed by atoms with Gasteiger partial charge in [0.05, 0.1) is 42.6 Å². The van der Waals surface area contributed by atoms with Gasteiger partial charge < -0.3 is 30.5 Å². The summed E-state index contributed by atoms with van der Waals surface area (Å²) in [6, 6.07) is 11.8. The molecule has 74 heavy (non-hydrogen) atoms. The minimum absolute atomic E-state index is 0.00824. The third kappa shape index (κ3) is 12.0. The molecule has 7 heterocycles. The SMILES string of the molecule is CC1CC(C(=O)NCC(=O)NC2NC(c3cccc(C4CCNC(N(C)CC(=O)N5CCC(C6CCN(C(=O)COc7cccc8c7C(=O)N(C7CCC(=O)NC7=O)C8=O)CC6)CC5)C4)c3)CS2)CN1S(C)(=O)=O. The van der Waals surface area contributed by atoms with Crippen molar-refractivity contribution in [1.82, 2.24) is 50.5 Å². The van der Waals surface area contributed by atoms with Crippen molar-refractivity contribution in [3.63, 3.8) is 0 Å². The number of nitrogens with one attached hydrogen (secondary N) is 5. The molecule has 400 valence electrons. The van der Waals surface area contributed by atoms with Crippen LogP contribution in [0.2, 0.25) is 0 Å². The molecule has 0 aromatic heterocycles. The van der Waals surface area contributed by atoms with Crippen LogP contribution in [0, 0.1) is 17.8 Å². The molecule has 0 aliphatic carbocycles. The van der Waals surface area contributed by atoms with Crippen molar-refractivity contribution in [3.8, 4) is 5.75 Å². The first kappa shape index (κ1) is 53.4. The topological polar surface area (TPSA) is 256 Å². The highest BCUT2D eigenvalue weighted by molar-refractivity contribution is 8.00. The van der Waals surface area contributed by atoms with Crippen molar-refractivity contribution >= 4 is 69.0 Å². The zero-order chi connectivity index (χ0) is 52.4. The molecule has 7 unspecified atom stereocenters. The Balaban J connectivity index is 0.673. The highest BCUT2D eigenvalue weighted by Crippen LogP contribution is 2.37. The Labute approximate surface area is 436 Å². The van der Waals surface area contributed by atoms with Crippen LogP contribution in [0.1, 0.15) is 109 Å². The second-order valence-corrected chi connectivity index (χ2v) is 24.0. The molecular formula is C51H68N10O11S2. The number of amides is 8. The fourth-order valence-corrected chi connectivity index (χ4v) is 14.3. The van der Waals surface area contributed by atoms with Gasteiger partial charge in [-0.25, -0.2) is 8.42 Å². The number of ether oxygens (including phenoxy) is 1. The number of rotatable bonds is 15. The highest BCUT2D eigenvalue weighted by Gasteiger charge is 2.46. The van der Waals surface area contributed by atoms with Crippen LogP contribution in [0.15, 0.2) is 42.5 Å². The number of carbonyl (C=O) groups excluding carboxylic acids is 8. The number of piperidine rings is 4. The second kappa shape index (κ2) is 22.8. The van der Waals surface area contributed by atoms with Gasteiger partial charge >= 0.3 is 0 Å². The lowest BCUT2D eigenvalue weighted by atomic mass is 9.79. The molecule has 7 aliphatic rings. The maximum absolute atomic E-state index is 13.7. The number of hydrogen-bond donors (Lipinski definition) is 5. The summed E-state index contributed by atoms with van der Waals surface area (Å²) in [5, 5.41) is 15.0. The minimum atomic E-state index is -3.41. The summed E-state index contributed by atoms with van der Waals surface area (Å²) in [4.78, 5) is 110. The number of fused-ring (bicyclic) bond motifs is 1. The first-order valence-electron chi connectivity index (χ1n) is 25.9. The van der Waals surface area contributed by atoms with Gasteiger partial charge in [0.2, 0.25) is 39.6 Å². The summed E-state index contributed by atoms with van der Waals surface area (Å²) in [5.74, 6) is -1.70. The Morgan fingerprint density at radius 3 is 2.24 bits per heavy atom. The average Bonchev–Trinajstić information content (AvgIpc) is 4.11. The molecule has 7 atom stereocenters. The van der Waals surface area contributed by atoms with E-state index in [1.165, 1.54) is 22.0 Å². The molecule has 8 amide bonds. The summed E-state index contributed by atoms with van der Waals surface area (Å²) in [6.45, 7) is 5.06. The third-order valence-corrected chi connectivity index (χ3v) is 18.6. The largest absolute Gasteiger partial charge is 0.483 e. The average molecular weight is 1060 g/mol. The van der Waals surface area contributed by atoms with E-state index in [1.807, 2.05) is 11.9 Å². The van der Waals surface area contributed by atoms with Crippen LogP contribution in [-0.4, -0.2) is 181 Å². The zero-order valence-electron chi connectivity index (χ0n) is 42.2. The van der Waals surface area contributed by atoms with Gasteiger partial charge in [-0.2, -0.15) is 4.31 Å². The van der Waals surface area contributed by atoms with Crippen LogP contribution < -0.4 is 31.3 Å². The summed E-state index contributed by atoms with van der Waals surface area (Å²) in [7, 11) is -1.41. The molecule has 0 saturated carbocycles. The molecule has 0 spiro atoms. The van der Waals surface area contributed by atoms with Gasteiger partial charge in [0.15, 0.2) is 6.61 Å². The predicted octanol–water partition coefficient (Wildman–Crippen LogP) is 0.932. The number of benzene rings is 2. The number of likely N-dealkylation sites (tertiary alicyclic amines) is 2. The monoisotopic (exact) mass is 1060 g/mol. The van der Waals surface area contributed by atoms with Crippen molar-refractivity contribution in [3.05, 3.63) is 64.7 Å². The summed E-state index contributed by atoms with van der Waals surface area (Å²) in [6.07, 6.45) is 6.96. The Hall–Kier alpha value is -5.46. The van der Waals surface area contributed by atoms with Crippen LogP contribution in [0.3, 0.4) is 0 Å². The fourth-order valence-electron chi connectivity index (χ4n) is 12.0. The van der Waals surface area contributed by atoms with Gasteiger partial charge in [-0.3, -0.25) is 58.8 Å². The van der Waals surface area contributed by atoms with E-state index in [0.717, 1.165) is 67.5 Å². The Kier molecular flexibility index (Phi) is 16.4. The lowest BCUT2D eigenvalue weighted by Crippen LogP contribution is -2.54. The summed E-state index contributed by atoms with van der Waals surface area (Å²) >= 11 is 1.59. The van der Waals surface area contributed by atoms with E-state index in [2.05, 4.69) is 55.7 Å². The number of likely N-dealkylation sites (N-methyl/N-ethyl adjacent to an activating group) is 1. The van der Waals surface area contributed by atoms with Crippen molar-refractivity contribution in [1.29, 1.82) is 0 Å². The van der Waals surface area contributed by atoms with Crippen molar-refractivity contribution in [2.75, 3.05) is 78.0 Å². The van der Waals surface area contributed by atoms with E-state index in [1.54, 1.807) is 29.7 Å². The quantitative estimate of drug-likeness (QED) is 0.156. The minimum Gasteiger partial charge on any atom is -0.483 e. The molecule has 21 nitrogen and oxygen atoms in total. The molecule has 6 saturated heterocycles. The van der Waals surface area contributed by atoms with Crippen LogP contribution in [0.4, 0.5) is 0 Å². The lowest BCUT2D eigenvalue weighted by molar-refractivity contribution is -0.137. The number of nitrogens with zero attached hydrogens (tertiary/aromatic N) is 5. The first-order valence-corrected chi connectivity index (χ1v) is 28.8. The summed E-state index contributed by atoms with van der Waals surface area (Å²) in [5.41, 5.74) is 2.14. The third-order valence-electron chi connectivity index (χ3n) is 16.1. The number of imide groups is 2. The molecule has 0 bridgehead atoms. The van der Waals surface area contributed by atoms with Crippen LogP contribution in [0.5, 0.6) is 5.75 Å². The molecule has 23 heteroatoms. The maximum atomic E-state index is 13.7. The van der Waals surface area contributed by atoms with Crippen molar-refractivity contribution in [2.24, 2.45) is 17.8 Å². The zero-order valence-corrected chi connectivity index (χ0v) is 43.8. The van der Waals surface area contributed by atoms with Gasteiger partial charge in [0, 0.05) is 57.0 Å². The molecule has 9 rings (SSSR count). The second-order valence-electron chi connectivity index (χ2n) is 21.0. The standard InChI is InChI=1S/C51H68N10O11S2/c1-30-22-36(26-60(30)74(3,70)71)47(66)53-25-43(63)56-51-54-38(29-73-51)35-7-4-6-33(23-35)34-12-17-52-41(24-34)57(2)27-44(64)58-18-13-31(14-19-58)32-15-20-59(21-16-32)45(65)28-72-40-9-5-8-37-46(40)50(69)61(49(37)68)39-10-11-42(62)55-48(39)67/h4-9,23,30-32,34,36,38-39,41,51-52,54H,10-22,24-29H2,1-3H3,(H,53,66)(H,56,63)(H,55,62,67). The Morgan fingerprint density at radius 2 is 1.55 bits per heavy atom. The van der Waals surface area contributed by atoms with Gasteiger partial charge in [0.1, 0.15) is 17.3 Å². The predicted molar refractivity (Wildman–Crippen MR) is 272 cm³/mol. The van der Waals surface area contributed by atoms with E-state index < -0.39 is 45.6 Å². The van der Waals surface area contributed by atoms with Crippen molar-refractivity contribution in [2.45, 2.75) is 100 Å². The molecule has 6 fully saturated rings. The van der Waals surface area contributed by atoms with E-state index in [0.29, 0.717) is 56.9 Å². The van der Waals surface area contributed by atoms with E-state index in [4.69, 9.17) is 4.74 Å². The van der Waals surface area contributed by atoms with Gasteiger partial charge in [-0.15, -0.1) is 11.8 Å². The summed E-state index contributed by atoms with van der Waals surface area (Å²) < 4.78 is 31.3. The molecule has 2 aromatic carbocycles. The Morgan fingerprint density at radius 1 is 0.865 bits per heavy atom. The number of carbonyl (C=O) groups is 8. The number of hydrogen-bond acceptors (Lipinski definition) is 15. The van der Waals surface area contributed by atoms with E-state index in [-0.39, 0.29) is 96.8 Å². The van der Waals surface area contributed by atoms with Crippen LogP contribution in [-0.2, 0) is 38.8 Å². The number of sulfonamides is 1. The van der Waals surface area contributed by atoms with Gasteiger partial charge in [-0.1, -0.05) is 30.3 Å². The van der Waals surface area contributed by atoms with Gasteiger partial charge in [-0.05, 0) is 113 Å². The first-order chi connectivity index (χ1) is 35.4. The Bertz CT molecular complexity index is 2640. The normalized spacial score (nSPS) is 27.4. The smallest absolute Gasteiger partial charge is 0.266 e. The van der Waals surface area contributed by atoms with Crippen molar-refractivity contribution < 1.29 is 51.5 Å². The van der Waals surface area contributed by atoms with Gasteiger partial charge in [0.25, 0.3) is 17.7 Å². The lowest BCUT2D eigenvalue weighted by Gasteiger charge is -2.41. The maximum Gasteiger partial charge on any atom is 0.266 e. The molecule has 5 N–H and O–H groups in total. The van der Waals surface area contributed by atoms with Crippen LogP contribution >= 0.6 is 11.8 Å². The molecule has 2 aromatic rings. The fraction of sp³-hybridized carbons (Fsp3) is 0.608. The van der Waals surface area contributed by atoms with Crippen LogP contribution in [0.25, 0.3) is 0 Å².